The van der Waals surface area contributed by atoms with E-state index in [9.17, 15) is 0 Å². The van der Waals surface area contributed by atoms with Gasteiger partial charge in [-0.25, -0.2) is 0 Å². The second-order valence-corrected chi connectivity index (χ2v) is 3.09. The van der Waals surface area contributed by atoms with Crippen LogP contribution in [0.3, 0.4) is 0 Å². The Kier molecular flexibility index (Phi) is 4.12. The van der Waals surface area contributed by atoms with Gasteiger partial charge in [0, 0.05) is 18.7 Å². The summed E-state index contributed by atoms with van der Waals surface area (Å²) in [4.78, 5) is 0. The Morgan fingerprint density at radius 2 is 2.08 bits per heavy atom. The van der Waals surface area contributed by atoms with E-state index in [1.54, 1.807) is 7.11 Å². The van der Waals surface area contributed by atoms with Gasteiger partial charge in [0.05, 0.1) is 0 Å². The SMILES string of the molecule is COCCCc1ccccc1Cl. The first-order valence-corrected chi connectivity index (χ1v) is 4.44. The predicted molar refractivity (Wildman–Crippen MR) is 51.6 cm³/mol. The number of halogens is 1. The van der Waals surface area contributed by atoms with Crippen molar-refractivity contribution in [2.24, 2.45) is 0 Å². The minimum absolute atomic E-state index is 0.797. The number of hydrogen-bond donors (Lipinski definition) is 0. The molecular weight excluding hydrogens is 172 g/mol. The number of benzene rings is 1. The average molecular weight is 185 g/mol. The molecule has 0 atom stereocenters. The van der Waals surface area contributed by atoms with Gasteiger partial charge in [0.2, 0.25) is 0 Å². The van der Waals surface area contributed by atoms with E-state index in [2.05, 4.69) is 6.07 Å². The van der Waals surface area contributed by atoms with Gasteiger partial charge in [-0.05, 0) is 24.5 Å². The number of rotatable bonds is 4. The van der Waals surface area contributed by atoms with Gasteiger partial charge in [0.15, 0.2) is 0 Å². The fourth-order valence-corrected chi connectivity index (χ4v) is 1.34. The summed E-state index contributed by atoms with van der Waals surface area (Å²) in [5.74, 6) is 0. The van der Waals surface area contributed by atoms with E-state index in [1.165, 1.54) is 5.56 Å². The average Bonchev–Trinajstić information content (AvgIpc) is 2.09. The fraction of sp³-hybridized carbons (Fsp3) is 0.400. The highest BCUT2D eigenvalue weighted by atomic mass is 35.5. The summed E-state index contributed by atoms with van der Waals surface area (Å²) in [7, 11) is 1.71. The zero-order valence-electron chi connectivity index (χ0n) is 7.22. The highest BCUT2D eigenvalue weighted by Crippen LogP contribution is 2.16. The first-order chi connectivity index (χ1) is 5.84. The van der Waals surface area contributed by atoms with Crippen LogP contribution in [-0.2, 0) is 11.2 Å². The summed E-state index contributed by atoms with van der Waals surface area (Å²) in [6.07, 6.45) is 2.02. The minimum Gasteiger partial charge on any atom is -0.385 e. The van der Waals surface area contributed by atoms with Gasteiger partial charge in [0.1, 0.15) is 0 Å². The van der Waals surface area contributed by atoms with Crippen LogP contribution >= 0.6 is 11.6 Å². The molecular formula is C10H13ClO. The fourth-order valence-electron chi connectivity index (χ4n) is 1.11. The van der Waals surface area contributed by atoms with Crippen molar-refractivity contribution in [2.45, 2.75) is 12.8 Å². The molecule has 1 aromatic carbocycles. The third kappa shape index (κ3) is 2.84. The third-order valence-electron chi connectivity index (χ3n) is 1.75. The Hall–Kier alpha value is -0.530. The van der Waals surface area contributed by atoms with E-state index >= 15 is 0 Å². The van der Waals surface area contributed by atoms with Crippen LogP contribution in [0.25, 0.3) is 0 Å². The summed E-state index contributed by atoms with van der Waals surface area (Å²) < 4.78 is 4.96. The molecule has 1 aromatic rings. The lowest BCUT2D eigenvalue weighted by molar-refractivity contribution is 0.195. The smallest absolute Gasteiger partial charge is 0.0465 e. The van der Waals surface area contributed by atoms with E-state index in [0.29, 0.717) is 0 Å². The van der Waals surface area contributed by atoms with Crippen molar-refractivity contribution in [3.63, 3.8) is 0 Å². The van der Waals surface area contributed by atoms with Crippen molar-refractivity contribution < 1.29 is 4.74 Å². The maximum atomic E-state index is 5.96. The summed E-state index contributed by atoms with van der Waals surface area (Å²) in [6, 6.07) is 7.93. The molecule has 2 heteroatoms. The molecule has 0 fully saturated rings. The molecule has 0 radical (unpaired) electrons. The molecule has 0 aliphatic heterocycles. The lowest BCUT2D eigenvalue weighted by Gasteiger charge is -2.02. The lowest BCUT2D eigenvalue weighted by atomic mass is 10.1. The number of methoxy groups -OCH3 is 1. The molecule has 0 amide bonds. The minimum atomic E-state index is 0.797. The third-order valence-corrected chi connectivity index (χ3v) is 2.12. The first-order valence-electron chi connectivity index (χ1n) is 4.07. The van der Waals surface area contributed by atoms with Gasteiger partial charge < -0.3 is 4.74 Å². The largest absolute Gasteiger partial charge is 0.385 e. The number of hydrogen-bond acceptors (Lipinski definition) is 1. The molecule has 1 nitrogen and oxygen atoms in total. The summed E-state index contributed by atoms with van der Waals surface area (Å²) in [5.41, 5.74) is 1.20. The second-order valence-electron chi connectivity index (χ2n) is 2.69. The molecule has 0 spiro atoms. The maximum Gasteiger partial charge on any atom is 0.0465 e. The van der Waals surface area contributed by atoms with Crippen LogP contribution in [0, 0.1) is 0 Å². The van der Waals surface area contributed by atoms with Crippen LogP contribution in [-0.4, -0.2) is 13.7 Å². The monoisotopic (exact) mass is 184 g/mol. The van der Waals surface area contributed by atoms with Crippen molar-refractivity contribution in [1.29, 1.82) is 0 Å². The standard InChI is InChI=1S/C10H13ClO/c1-12-8-4-6-9-5-2-3-7-10(9)11/h2-3,5,7H,4,6,8H2,1H3. The van der Waals surface area contributed by atoms with Crippen LogP contribution < -0.4 is 0 Å². The van der Waals surface area contributed by atoms with Gasteiger partial charge >= 0.3 is 0 Å². The van der Waals surface area contributed by atoms with Crippen LogP contribution in [0.5, 0.6) is 0 Å². The number of aryl methyl sites for hydroxylation is 1. The van der Waals surface area contributed by atoms with Crippen LogP contribution in [0.15, 0.2) is 24.3 Å². The van der Waals surface area contributed by atoms with E-state index < -0.39 is 0 Å². The molecule has 0 N–H and O–H groups in total. The number of ether oxygens (including phenoxy) is 1. The van der Waals surface area contributed by atoms with Crippen LogP contribution in [0.4, 0.5) is 0 Å². The Bertz CT molecular complexity index is 235. The molecule has 66 valence electrons. The Labute approximate surface area is 78.3 Å². The van der Waals surface area contributed by atoms with Gasteiger partial charge in [-0.3, -0.25) is 0 Å². The quantitative estimate of drug-likeness (QED) is 0.654. The second kappa shape index (κ2) is 5.18. The Balaban J connectivity index is 2.46. The molecule has 0 saturated carbocycles. The van der Waals surface area contributed by atoms with Crippen molar-refractivity contribution in [3.8, 4) is 0 Å². The molecule has 0 heterocycles. The van der Waals surface area contributed by atoms with Crippen molar-refractivity contribution in [1.82, 2.24) is 0 Å². The molecule has 0 unspecified atom stereocenters. The van der Waals surface area contributed by atoms with Crippen LogP contribution in [0.2, 0.25) is 5.02 Å². The summed E-state index contributed by atoms with van der Waals surface area (Å²) >= 11 is 5.96. The summed E-state index contributed by atoms with van der Waals surface area (Å²) in [5, 5.41) is 0.855. The first kappa shape index (κ1) is 9.56. The highest BCUT2D eigenvalue weighted by Gasteiger charge is 1.97. The molecule has 1 rings (SSSR count). The molecule has 0 aliphatic rings. The highest BCUT2D eigenvalue weighted by molar-refractivity contribution is 6.31. The van der Waals surface area contributed by atoms with Crippen molar-refractivity contribution in [2.75, 3.05) is 13.7 Å². The van der Waals surface area contributed by atoms with Crippen molar-refractivity contribution in [3.05, 3.63) is 34.9 Å². The molecule has 0 aromatic heterocycles. The molecule has 0 bridgehead atoms. The Morgan fingerprint density at radius 1 is 1.33 bits per heavy atom. The van der Waals surface area contributed by atoms with Gasteiger partial charge in [-0.2, -0.15) is 0 Å². The lowest BCUT2D eigenvalue weighted by Crippen LogP contribution is -1.92. The molecule has 12 heavy (non-hydrogen) atoms. The normalized spacial score (nSPS) is 10.2. The van der Waals surface area contributed by atoms with Crippen LogP contribution in [0.1, 0.15) is 12.0 Å². The zero-order chi connectivity index (χ0) is 8.81. The van der Waals surface area contributed by atoms with Gasteiger partial charge in [0.25, 0.3) is 0 Å². The van der Waals surface area contributed by atoms with Gasteiger partial charge in [-0.15, -0.1) is 0 Å². The van der Waals surface area contributed by atoms with Gasteiger partial charge in [-0.1, -0.05) is 29.8 Å². The predicted octanol–water partition coefficient (Wildman–Crippen LogP) is 2.92. The molecule has 0 aliphatic carbocycles. The Morgan fingerprint density at radius 3 is 2.75 bits per heavy atom. The van der Waals surface area contributed by atoms with E-state index in [0.717, 1.165) is 24.5 Å². The summed E-state index contributed by atoms with van der Waals surface area (Å²) in [6.45, 7) is 0.797. The van der Waals surface area contributed by atoms with Crippen molar-refractivity contribution >= 4 is 11.6 Å². The van der Waals surface area contributed by atoms with E-state index in [1.807, 2.05) is 18.2 Å². The van der Waals surface area contributed by atoms with E-state index in [-0.39, 0.29) is 0 Å². The topological polar surface area (TPSA) is 9.23 Å². The molecule has 0 saturated heterocycles. The van der Waals surface area contributed by atoms with E-state index in [4.69, 9.17) is 16.3 Å². The maximum absolute atomic E-state index is 5.96. The zero-order valence-corrected chi connectivity index (χ0v) is 7.97.